The SMILES string of the molecule is COC(C)CC(=O)Oc1cc(Cl)ccc1[N+](=O)[O-]. The Hall–Kier alpha value is -1.66. The maximum Gasteiger partial charge on any atom is 0.314 e. The van der Waals surface area contributed by atoms with Gasteiger partial charge in [0.25, 0.3) is 0 Å². The second-order valence-corrected chi connectivity index (χ2v) is 4.03. The Balaban J connectivity index is 2.86. The Kier molecular flexibility index (Phi) is 5.06. The van der Waals surface area contributed by atoms with Crippen LogP contribution in [0.25, 0.3) is 0 Å². The third-order valence-electron chi connectivity index (χ3n) is 2.20. The molecular weight excluding hydrogens is 262 g/mol. The van der Waals surface area contributed by atoms with Crippen molar-refractivity contribution in [1.82, 2.24) is 0 Å². The number of nitrogens with zero attached hydrogens (tertiary/aromatic N) is 1. The van der Waals surface area contributed by atoms with Crippen molar-refractivity contribution in [2.45, 2.75) is 19.4 Å². The van der Waals surface area contributed by atoms with Crippen molar-refractivity contribution in [3.05, 3.63) is 33.3 Å². The second kappa shape index (κ2) is 6.32. The quantitative estimate of drug-likeness (QED) is 0.356. The van der Waals surface area contributed by atoms with Crippen LogP contribution in [0.3, 0.4) is 0 Å². The van der Waals surface area contributed by atoms with Crippen LogP contribution in [0, 0.1) is 10.1 Å². The Morgan fingerprint density at radius 2 is 2.22 bits per heavy atom. The van der Waals surface area contributed by atoms with Gasteiger partial charge in [-0.25, -0.2) is 0 Å². The first kappa shape index (κ1) is 14.4. The van der Waals surface area contributed by atoms with Crippen molar-refractivity contribution in [2.75, 3.05) is 7.11 Å². The van der Waals surface area contributed by atoms with E-state index in [4.69, 9.17) is 21.1 Å². The van der Waals surface area contributed by atoms with E-state index in [1.807, 2.05) is 0 Å². The zero-order valence-electron chi connectivity index (χ0n) is 9.88. The average molecular weight is 274 g/mol. The van der Waals surface area contributed by atoms with Gasteiger partial charge >= 0.3 is 11.7 Å². The molecule has 0 aliphatic heterocycles. The number of benzene rings is 1. The predicted octanol–water partition coefficient (Wildman–Crippen LogP) is 2.58. The van der Waals surface area contributed by atoms with E-state index in [1.54, 1.807) is 6.92 Å². The van der Waals surface area contributed by atoms with E-state index in [9.17, 15) is 14.9 Å². The summed E-state index contributed by atoms with van der Waals surface area (Å²) >= 11 is 5.70. The van der Waals surface area contributed by atoms with E-state index in [0.29, 0.717) is 0 Å². The zero-order chi connectivity index (χ0) is 13.7. The number of esters is 1. The fraction of sp³-hybridized carbons (Fsp3) is 0.364. The Labute approximate surface area is 109 Å². The van der Waals surface area contributed by atoms with Gasteiger partial charge in [-0.1, -0.05) is 11.6 Å². The molecule has 0 saturated carbocycles. The minimum Gasteiger partial charge on any atom is -0.419 e. The van der Waals surface area contributed by atoms with E-state index in [1.165, 1.54) is 25.3 Å². The Morgan fingerprint density at radius 3 is 2.78 bits per heavy atom. The molecular formula is C11H12ClNO5. The van der Waals surface area contributed by atoms with Gasteiger partial charge in [-0.2, -0.15) is 0 Å². The molecule has 1 unspecified atom stereocenters. The highest BCUT2D eigenvalue weighted by Gasteiger charge is 2.19. The zero-order valence-corrected chi connectivity index (χ0v) is 10.6. The van der Waals surface area contributed by atoms with Crippen LogP contribution >= 0.6 is 11.6 Å². The Morgan fingerprint density at radius 1 is 1.56 bits per heavy atom. The number of rotatable bonds is 5. The molecule has 0 aliphatic carbocycles. The predicted molar refractivity (Wildman–Crippen MR) is 64.8 cm³/mol. The van der Waals surface area contributed by atoms with Crippen LogP contribution in [0.15, 0.2) is 18.2 Å². The van der Waals surface area contributed by atoms with Gasteiger partial charge in [0.15, 0.2) is 0 Å². The third-order valence-corrected chi connectivity index (χ3v) is 2.43. The molecule has 1 aromatic rings. The van der Waals surface area contributed by atoms with E-state index < -0.39 is 10.9 Å². The molecule has 0 saturated heterocycles. The number of methoxy groups -OCH3 is 1. The number of carbonyl (C=O) groups is 1. The Bertz CT molecular complexity index is 463. The van der Waals surface area contributed by atoms with Gasteiger partial charge in [-0.05, 0) is 13.0 Å². The van der Waals surface area contributed by atoms with Crippen molar-refractivity contribution < 1.29 is 19.2 Å². The summed E-state index contributed by atoms with van der Waals surface area (Å²) in [5.41, 5.74) is -0.308. The molecule has 0 N–H and O–H groups in total. The van der Waals surface area contributed by atoms with Crippen molar-refractivity contribution >= 4 is 23.3 Å². The molecule has 1 atom stereocenters. The smallest absolute Gasteiger partial charge is 0.314 e. The van der Waals surface area contributed by atoms with Crippen LogP contribution in [0.4, 0.5) is 5.69 Å². The summed E-state index contributed by atoms with van der Waals surface area (Å²) < 4.78 is 9.81. The molecule has 0 fully saturated rings. The average Bonchev–Trinajstić information content (AvgIpc) is 2.28. The van der Waals surface area contributed by atoms with Crippen molar-refractivity contribution in [1.29, 1.82) is 0 Å². The maximum atomic E-state index is 11.5. The van der Waals surface area contributed by atoms with Crippen molar-refractivity contribution in [3.8, 4) is 5.75 Å². The molecule has 18 heavy (non-hydrogen) atoms. The summed E-state index contributed by atoms with van der Waals surface area (Å²) in [6.07, 6.45) is -0.323. The largest absolute Gasteiger partial charge is 0.419 e. The van der Waals surface area contributed by atoms with Crippen LogP contribution < -0.4 is 4.74 Å². The summed E-state index contributed by atoms with van der Waals surface area (Å²) in [4.78, 5) is 21.6. The monoisotopic (exact) mass is 273 g/mol. The number of ether oxygens (including phenoxy) is 2. The normalized spacial score (nSPS) is 11.9. The second-order valence-electron chi connectivity index (χ2n) is 3.59. The van der Waals surface area contributed by atoms with E-state index in [-0.39, 0.29) is 29.0 Å². The number of nitro benzene ring substituents is 1. The fourth-order valence-corrected chi connectivity index (χ4v) is 1.36. The van der Waals surface area contributed by atoms with Crippen molar-refractivity contribution in [3.63, 3.8) is 0 Å². The molecule has 0 aliphatic rings. The molecule has 6 nitrogen and oxygen atoms in total. The highest BCUT2D eigenvalue weighted by molar-refractivity contribution is 6.30. The lowest BCUT2D eigenvalue weighted by Gasteiger charge is -2.09. The summed E-state index contributed by atoms with van der Waals surface area (Å²) in [7, 11) is 1.46. The van der Waals surface area contributed by atoms with Crippen molar-refractivity contribution in [2.24, 2.45) is 0 Å². The van der Waals surface area contributed by atoms with Gasteiger partial charge in [0.1, 0.15) is 0 Å². The first-order valence-corrected chi connectivity index (χ1v) is 5.49. The lowest BCUT2D eigenvalue weighted by Crippen LogP contribution is -2.17. The fourth-order valence-electron chi connectivity index (χ4n) is 1.20. The van der Waals surface area contributed by atoms with Gasteiger partial charge in [0, 0.05) is 24.3 Å². The molecule has 1 aromatic carbocycles. The molecule has 0 radical (unpaired) electrons. The molecule has 7 heteroatoms. The van der Waals surface area contributed by atoms with Crippen LogP contribution in [-0.2, 0) is 9.53 Å². The molecule has 0 aromatic heterocycles. The standard InChI is InChI=1S/C11H12ClNO5/c1-7(17-2)5-11(14)18-10-6-8(12)3-4-9(10)13(15)16/h3-4,6-7H,5H2,1-2H3. The van der Waals surface area contributed by atoms with Gasteiger partial charge in [0.2, 0.25) is 5.75 Å². The minimum atomic E-state index is -0.640. The van der Waals surface area contributed by atoms with Crippen LogP contribution in [0.1, 0.15) is 13.3 Å². The molecule has 0 bridgehead atoms. The lowest BCUT2D eigenvalue weighted by atomic mass is 10.2. The van der Waals surface area contributed by atoms with E-state index in [2.05, 4.69) is 0 Å². The highest BCUT2D eigenvalue weighted by atomic mass is 35.5. The molecule has 0 amide bonds. The van der Waals surface area contributed by atoms with E-state index >= 15 is 0 Å². The molecule has 98 valence electrons. The molecule has 0 spiro atoms. The number of hydrogen-bond acceptors (Lipinski definition) is 5. The van der Waals surface area contributed by atoms with Gasteiger partial charge in [0.05, 0.1) is 17.4 Å². The van der Waals surface area contributed by atoms with Gasteiger partial charge in [-0.3, -0.25) is 14.9 Å². The molecule has 1 rings (SSSR count). The third kappa shape index (κ3) is 3.97. The first-order valence-electron chi connectivity index (χ1n) is 5.11. The first-order chi connectivity index (χ1) is 8.43. The highest BCUT2D eigenvalue weighted by Crippen LogP contribution is 2.30. The topological polar surface area (TPSA) is 78.7 Å². The summed E-state index contributed by atoms with van der Waals surface area (Å²) in [6.45, 7) is 1.69. The van der Waals surface area contributed by atoms with Crippen LogP contribution in [0.5, 0.6) is 5.75 Å². The van der Waals surface area contributed by atoms with Gasteiger partial charge in [-0.15, -0.1) is 0 Å². The number of nitro groups is 1. The van der Waals surface area contributed by atoms with Crippen LogP contribution in [0.2, 0.25) is 5.02 Å². The van der Waals surface area contributed by atoms with E-state index in [0.717, 1.165) is 0 Å². The lowest BCUT2D eigenvalue weighted by molar-refractivity contribution is -0.385. The van der Waals surface area contributed by atoms with Gasteiger partial charge < -0.3 is 9.47 Å². The minimum absolute atomic E-state index is 0.000166. The molecule has 0 heterocycles. The van der Waals surface area contributed by atoms with Crippen LogP contribution in [-0.4, -0.2) is 24.1 Å². The number of hydrogen-bond donors (Lipinski definition) is 0. The summed E-state index contributed by atoms with van der Waals surface area (Å²) in [5.74, 6) is -0.782. The maximum absolute atomic E-state index is 11.5. The number of carbonyl (C=O) groups excluding carboxylic acids is 1. The summed E-state index contributed by atoms with van der Waals surface area (Å²) in [5, 5.41) is 11.0. The summed E-state index contributed by atoms with van der Waals surface area (Å²) in [6, 6.07) is 3.77. The number of halogens is 1.